The lowest BCUT2D eigenvalue weighted by atomic mass is 10.2. The number of nitrogens with zero attached hydrogens (tertiary/aromatic N) is 1. The fourth-order valence-corrected chi connectivity index (χ4v) is 2.51. The highest BCUT2D eigenvalue weighted by molar-refractivity contribution is 5.90. The Bertz CT molecular complexity index is 828. The van der Waals surface area contributed by atoms with Gasteiger partial charge in [0, 0.05) is 17.8 Å². The summed E-state index contributed by atoms with van der Waals surface area (Å²) in [5, 5.41) is 2.92. The number of rotatable bonds is 7. The van der Waals surface area contributed by atoms with Crippen molar-refractivity contribution in [3.05, 3.63) is 90.3 Å². The summed E-state index contributed by atoms with van der Waals surface area (Å²) in [6.45, 7) is 3.23. The lowest BCUT2D eigenvalue weighted by Crippen LogP contribution is -2.34. The smallest absolute Gasteiger partial charge is 0.230 e. The molecule has 0 aliphatic carbocycles. The molecule has 0 bridgehead atoms. The first-order valence-electron chi connectivity index (χ1n) is 8.71. The summed E-state index contributed by atoms with van der Waals surface area (Å²) < 4.78 is 7.76. The molecule has 0 unspecified atom stereocenters. The number of carbonyl (C=O) groups excluding carboxylic acids is 1. The third-order valence-corrected chi connectivity index (χ3v) is 4.04. The minimum absolute atomic E-state index is 0.00368. The van der Waals surface area contributed by atoms with Gasteiger partial charge in [0.15, 0.2) is 18.9 Å². The average molecular weight is 347 g/mol. The Morgan fingerprint density at radius 1 is 0.962 bits per heavy atom. The van der Waals surface area contributed by atoms with E-state index in [4.69, 9.17) is 4.74 Å². The van der Waals surface area contributed by atoms with Gasteiger partial charge in [-0.15, -0.1) is 0 Å². The zero-order chi connectivity index (χ0) is 18.2. The average Bonchev–Trinajstić information content (AvgIpc) is 2.68. The molecule has 4 heteroatoms. The lowest BCUT2D eigenvalue weighted by molar-refractivity contribution is -0.695. The molecule has 1 N–H and O–H groups in total. The highest BCUT2D eigenvalue weighted by Crippen LogP contribution is 2.17. The van der Waals surface area contributed by atoms with E-state index in [0.717, 1.165) is 17.0 Å². The van der Waals surface area contributed by atoms with Crippen LogP contribution in [0, 0.1) is 6.92 Å². The third kappa shape index (κ3) is 5.45. The van der Waals surface area contributed by atoms with Crippen LogP contribution in [0.1, 0.15) is 17.5 Å². The summed E-state index contributed by atoms with van der Waals surface area (Å²) >= 11 is 0. The van der Waals surface area contributed by atoms with E-state index in [0.29, 0.717) is 19.6 Å². The number of carbonyl (C=O) groups is 1. The fourth-order valence-electron chi connectivity index (χ4n) is 2.51. The van der Waals surface area contributed by atoms with Gasteiger partial charge in [-0.05, 0) is 42.3 Å². The molecule has 1 heterocycles. The highest BCUT2D eigenvalue weighted by atomic mass is 16.5. The molecule has 0 fully saturated rings. The Hall–Kier alpha value is -3.14. The summed E-state index contributed by atoms with van der Waals surface area (Å²) in [6.07, 6.45) is 4.41. The van der Waals surface area contributed by atoms with Gasteiger partial charge in [0.1, 0.15) is 12.4 Å². The van der Waals surface area contributed by atoms with E-state index in [1.807, 2.05) is 90.6 Å². The number of anilines is 1. The molecule has 0 saturated carbocycles. The minimum atomic E-state index is -0.00368. The topological polar surface area (TPSA) is 42.2 Å². The van der Waals surface area contributed by atoms with E-state index in [9.17, 15) is 4.79 Å². The van der Waals surface area contributed by atoms with E-state index in [1.165, 1.54) is 5.56 Å². The summed E-state index contributed by atoms with van der Waals surface area (Å²) in [4.78, 5) is 12.1. The van der Waals surface area contributed by atoms with Gasteiger partial charge in [-0.25, -0.2) is 4.57 Å². The van der Waals surface area contributed by atoms with Crippen LogP contribution in [0.2, 0.25) is 0 Å². The molecular weight excluding hydrogens is 324 g/mol. The second-order valence-electron chi connectivity index (χ2n) is 6.21. The molecular formula is C22H23N2O2+. The van der Waals surface area contributed by atoms with Crippen molar-refractivity contribution >= 4 is 11.6 Å². The Balaban J connectivity index is 1.45. The first-order chi connectivity index (χ1) is 12.7. The molecule has 2 aromatic carbocycles. The maximum Gasteiger partial charge on any atom is 0.230 e. The molecule has 0 atom stereocenters. The van der Waals surface area contributed by atoms with Crippen molar-refractivity contribution in [3.63, 3.8) is 0 Å². The number of pyridine rings is 1. The van der Waals surface area contributed by atoms with Crippen molar-refractivity contribution in [1.29, 1.82) is 0 Å². The number of amides is 1. The van der Waals surface area contributed by atoms with Crippen molar-refractivity contribution in [2.75, 3.05) is 5.32 Å². The Morgan fingerprint density at radius 2 is 1.65 bits per heavy atom. The predicted molar refractivity (Wildman–Crippen MR) is 102 cm³/mol. The number of aromatic nitrogens is 1. The van der Waals surface area contributed by atoms with Gasteiger partial charge in [-0.3, -0.25) is 4.79 Å². The van der Waals surface area contributed by atoms with Crippen LogP contribution in [0.5, 0.6) is 5.75 Å². The van der Waals surface area contributed by atoms with Crippen LogP contribution in [0.3, 0.4) is 0 Å². The van der Waals surface area contributed by atoms with Crippen molar-refractivity contribution in [2.45, 2.75) is 26.5 Å². The lowest BCUT2D eigenvalue weighted by Gasteiger charge is -2.08. The van der Waals surface area contributed by atoms with Crippen molar-refractivity contribution in [3.8, 4) is 5.75 Å². The van der Waals surface area contributed by atoms with Crippen LogP contribution in [-0.2, 0) is 17.9 Å². The molecule has 0 aliphatic heterocycles. The molecule has 0 spiro atoms. The van der Waals surface area contributed by atoms with Gasteiger partial charge in [-0.1, -0.05) is 30.3 Å². The van der Waals surface area contributed by atoms with E-state index in [1.54, 1.807) is 0 Å². The van der Waals surface area contributed by atoms with Crippen molar-refractivity contribution < 1.29 is 14.1 Å². The van der Waals surface area contributed by atoms with E-state index in [2.05, 4.69) is 5.32 Å². The number of hydrogen-bond donors (Lipinski definition) is 1. The van der Waals surface area contributed by atoms with Crippen LogP contribution in [0.25, 0.3) is 0 Å². The Labute approximate surface area is 154 Å². The highest BCUT2D eigenvalue weighted by Gasteiger charge is 2.07. The summed E-state index contributed by atoms with van der Waals surface area (Å²) in [5.41, 5.74) is 3.11. The molecule has 1 aromatic heterocycles. The standard InChI is InChI=1S/C22H22N2O2/c1-18-11-14-24(15-12-18)16-13-22(25)23-20-7-9-21(10-8-20)26-17-19-5-3-2-4-6-19/h2-12,14-15H,13,16-17H2,1H3/p+1. The van der Waals surface area contributed by atoms with Gasteiger partial charge in [0.25, 0.3) is 0 Å². The Morgan fingerprint density at radius 3 is 2.35 bits per heavy atom. The Kier molecular flexibility index (Phi) is 5.99. The molecule has 132 valence electrons. The SMILES string of the molecule is Cc1cc[n+](CCC(=O)Nc2ccc(OCc3ccccc3)cc2)cc1. The summed E-state index contributed by atoms with van der Waals surface area (Å²) in [6, 6.07) is 21.5. The first kappa shape index (κ1) is 17.7. The zero-order valence-corrected chi connectivity index (χ0v) is 14.9. The van der Waals surface area contributed by atoms with Gasteiger partial charge in [0.05, 0.1) is 6.42 Å². The zero-order valence-electron chi connectivity index (χ0n) is 14.9. The second-order valence-corrected chi connectivity index (χ2v) is 6.21. The van der Waals surface area contributed by atoms with E-state index < -0.39 is 0 Å². The minimum Gasteiger partial charge on any atom is -0.489 e. The molecule has 3 aromatic rings. The van der Waals surface area contributed by atoms with Gasteiger partial charge in [-0.2, -0.15) is 0 Å². The monoisotopic (exact) mass is 347 g/mol. The van der Waals surface area contributed by atoms with Crippen molar-refractivity contribution in [1.82, 2.24) is 0 Å². The van der Waals surface area contributed by atoms with Crippen LogP contribution in [0.15, 0.2) is 79.1 Å². The van der Waals surface area contributed by atoms with Crippen LogP contribution in [0.4, 0.5) is 5.69 Å². The second kappa shape index (κ2) is 8.81. The van der Waals surface area contributed by atoms with E-state index in [-0.39, 0.29) is 5.91 Å². The molecule has 0 saturated heterocycles. The van der Waals surface area contributed by atoms with Crippen molar-refractivity contribution in [2.24, 2.45) is 0 Å². The number of nitrogens with one attached hydrogen (secondary N) is 1. The largest absolute Gasteiger partial charge is 0.489 e. The number of benzene rings is 2. The number of hydrogen-bond acceptors (Lipinski definition) is 2. The first-order valence-corrected chi connectivity index (χ1v) is 8.71. The van der Waals surface area contributed by atoms with Crippen LogP contribution in [-0.4, -0.2) is 5.91 Å². The van der Waals surface area contributed by atoms with Crippen LogP contribution >= 0.6 is 0 Å². The molecule has 1 amide bonds. The molecule has 3 rings (SSSR count). The molecule has 0 radical (unpaired) electrons. The third-order valence-electron chi connectivity index (χ3n) is 4.04. The molecule has 26 heavy (non-hydrogen) atoms. The molecule has 4 nitrogen and oxygen atoms in total. The van der Waals surface area contributed by atoms with E-state index >= 15 is 0 Å². The van der Waals surface area contributed by atoms with Gasteiger partial charge < -0.3 is 10.1 Å². The normalized spacial score (nSPS) is 10.3. The predicted octanol–water partition coefficient (Wildman–Crippen LogP) is 3.89. The summed E-state index contributed by atoms with van der Waals surface area (Å²) in [7, 11) is 0. The maximum atomic E-state index is 12.1. The number of ether oxygens (including phenoxy) is 1. The quantitative estimate of drug-likeness (QED) is 0.659. The number of aryl methyl sites for hydroxylation is 2. The van der Waals surface area contributed by atoms with Crippen LogP contribution < -0.4 is 14.6 Å². The van der Waals surface area contributed by atoms with Gasteiger partial charge in [0.2, 0.25) is 5.91 Å². The summed E-state index contributed by atoms with van der Waals surface area (Å²) in [5.74, 6) is 0.776. The molecule has 0 aliphatic rings. The maximum absolute atomic E-state index is 12.1. The van der Waals surface area contributed by atoms with Gasteiger partial charge >= 0.3 is 0 Å². The fraction of sp³-hybridized carbons (Fsp3) is 0.182.